The lowest BCUT2D eigenvalue weighted by atomic mass is 10.0. The van der Waals surface area contributed by atoms with Crippen molar-refractivity contribution >= 4 is 0 Å². The number of H-pyrrole nitrogens is 1. The Balaban J connectivity index is 1.70. The van der Waals surface area contributed by atoms with Gasteiger partial charge in [-0.2, -0.15) is 5.10 Å². The van der Waals surface area contributed by atoms with Gasteiger partial charge in [0.05, 0.1) is 0 Å². The van der Waals surface area contributed by atoms with Crippen LogP contribution in [0.5, 0.6) is 0 Å². The molecule has 1 aliphatic rings. The van der Waals surface area contributed by atoms with Crippen LogP contribution in [0.15, 0.2) is 12.3 Å². The molecule has 1 fully saturated rings. The van der Waals surface area contributed by atoms with Crippen molar-refractivity contribution in [1.82, 2.24) is 15.5 Å². The molecule has 0 aliphatic heterocycles. The molecule has 2 rings (SSSR count). The summed E-state index contributed by atoms with van der Waals surface area (Å²) in [5.74, 6) is 0. The van der Waals surface area contributed by atoms with E-state index >= 15 is 0 Å². The molecule has 3 heteroatoms. The topological polar surface area (TPSA) is 40.7 Å². The van der Waals surface area contributed by atoms with Crippen LogP contribution in [0.3, 0.4) is 0 Å². The molecule has 0 aromatic carbocycles. The Morgan fingerprint density at radius 1 is 1.62 bits per heavy atom. The maximum atomic E-state index is 3.91. The van der Waals surface area contributed by atoms with E-state index in [0.717, 1.165) is 13.1 Å². The molecule has 3 nitrogen and oxygen atoms in total. The number of hydrogen-bond donors (Lipinski definition) is 2. The van der Waals surface area contributed by atoms with E-state index in [1.807, 2.05) is 6.07 Å². The van der Waals surface area contributed by atoms with Gasteiger partial charge in [-0.1, -0.05) is 6.92 Å². The number of nitrogens with one attached hydrogen (secondary N) is 2. The summed E-state index contributed by atoms with van der Waals surface area (Å²) in [6, 6.07) is 2.01. The molecule has 72 valence electrons. The van der Waals surface area contributed by atoms with Gasteiger partial charge in [0.2, 0.25) is 0 Å². The second-order valence-electron chi connectivity index (χ2n) is 4.04. The molecule has 1 aromatic heterocycles. The second-order valence-corrected chi connectivity index (χ2v) is 4.04. The predicted octanol–water partition coefficient (Wildman–Crippen LogP) is 1.69. The Morgan fingerprint density at radius 2 is 2.46 bits per heavy atom. The highest BCUT2D eigenvalue weighted by Gasteiger charge is 2.39. The van der Waals surface area contributed by atoms with Crippen molar-refractivity contribution in [1.29, 1.82) is 0 Å². The number of aromatic nitrogens is 2. The molecule has 1 heterocycles. The van der Waals surface area contributed by atoms with E-state index in [0.29, 0.717) is 5.41 Å². The van der Waals surface area contributed by atoms with E-state index in [1.165, 1.54) is 25.0 Å². The fraction of sp³-hybridized carbons (Fsp3) is 0.700. The van der Waals surface area contributed by atoms with E-state index < -0.39 is 0 Å². The first kappa shape index (κ1) is 8.75. The number of nitrogens with zero attached hydrogens (tertiary/aromatic N) is 1. The lowest BCUT2D eigenvalue weighted by Gasteiger charge is -2.12. The molecular formula is C10H17N3. The standard InChI is InChI=1S/C10H17N3/c1-2-10(4-5-10)8-11-7-9-3-6-12-13-9/h3,6,11H,2,4-5,7-8H2,1H3,(H,12,13). The van der Waals surface area contributed by atoms with E-state index in [4.69, 9.17) is 0 Å². The molecule has 0 bridgehead atoms. The van der Waals surface area contributed by atoms with Crippen LogP contribution in [-0.4, -0.2) is 16.7 Å². The highest BCUT2D eigenvalue weighted by atomic mass is 15.1. The SMILES string of the molecule is CCC1(CNCc2ccn[nH]2)CC1. The Hall–Kier alpha value is -0.830. The van der Waals surface area contributed by atoms with Crippen molar-refractivity contribution < 1.29 is 0 Å². The molecule has 1 aromatic rings. The molecule has 0 radical (unpaired) electrons. The maximum Gasteiger partial charge on any atom is 0.0490 e. The van der Waals surface area contributed by atoms with Crippen molar-refractivity contribution in [2.24, 2.45) is 5.41 Å². The molecule has 0 amide bonds. The van der Waals surface area contributed by atoms with Crippen LogP contribution in [0.4, 0.5) is 0 Å². The van der Waals surface area contributed by atoms with Gasteiger partial charge in [-0.3, -0.25) is 5.10 Å². The molecular weight excluding hydrogens is 162 g/mol. The lowest BCUT2D eigenvalue weighted by molar-refractivity contribution is 0.442. The van der Waals surface area contributed by atoms with Crippen LogP contribution in [0.2, 0.25) is 0 Å². The Labute approximate surface area is 78.9 Å². The molecule has 0 spiro atoms. The molecule has 0 atom stereocenters. The van der Waals surface area contributed by atoms with Gasteiger partial charge >= 0.3 is 0 Å². The highest BCUT2D eigenvalue weighted by molar-refractivity contribution is 4.98. The quantitative estimate of drug-likeness (QED) is 0.722. The first-order valence-corrected chi connectivity index (χ1v) is 5.04. The van der Waals surface area contributed by atoms with Gasteiger partial charge in [-0.25, -0.2) is 0 Å². The summed E-state index contributed by atoms with van der Waals surface area (Å²) in [6.45, 7) is 4.36. The Morgan fingerprint density at radius 3 is 3.00 bits per heavy atom. The summed E-state index contributed by atoms with van der Waals surface area (Å²) in [5.41, 5.74) is 1.81. The molecule has 1 aliphatic carbocycles. The molecule has 2 N–H and O–H groups in total. The van der Waals surface area contributed by atoms with Gasteiger partial charge in [0.15, 0.2) is 0 Å². The van der Waals surface area contributed by atoms with Crippen molar-refractivity contribution in [3.63, 3.8) is 0 Å². The number of hydrogen-bond acceptors (Lipinski definition) is 2. The predicted molar refractivity (Wildman–Crippen MR) is 52.3 cm³/mol. The summed E-state index contributed by atoms with van der Waals surface area (Å²) < 4.78 is 0. The average Bonchev–Trinajstić information content (AvgIpc) is 2.74. The highest BCUT2D eigenvalue weighted by Crippen LogP contribution is 2.47. The van der Waals surface area contributed by atoms with Crippen molar-refractivity contribution in [2.75, 3.05) is 6.54 Å². The van der Waals surface area contributed by atoms with Gasteiger partial charge in [0, 0.05) is 25.0 Å². The molecule has 13 heavy (non-hydrogen) atoms. The maximum absolute atomic E-state index is 3.91. The van der Waals surface area contributed by atoms with Crippen LogP contribution < -0.4 is 5.32 Å². The lowest BCUT2D eigenvalue weighted by Crippen LogP contribution is -2.23. The van der Waals surface area contributed by atoms with E-state index in [2.05, 4.69) is 22.4 Å². The molecule has 0 saturated heterocycles. The minimum Gasteiger partial charge on any atom is -0.311 e. The average molecular weight is 179 g/mol. The smallest absolute Gasteiger partial charge is 0.0490 e. The third kappa shape index (κ3) is 2.10. The van der Waals surface area contributed by atoms with Gasteiger partial charge in [-0.05, 0) is 30.7 Å². The van der Waals surface area contributed by atoms with Crippen LogP contribution >= 0.6 is 0 Å². The van der Waals surface area contributed by atoms with Crippen LogP contribution in [0.1, 0.15) is 31.9 Å². The molecule has 0 unspecified atom stereocenters. The zero-order valence-electron chi connectivity index (χ0n) is 8.14. The van der Waals surface area contributed by atoms with Crippen LogP contribution in [0, 0.1) is 5.41 Å². The third-order valence-corrected chi connectivity index (χ3v) is 3.08. The van der Waals surface area contributed by atoms with Gasteiger partial charge in [0.25, 0.3) is 0 Å². The zero-order valence-corrected chi connectivity index (χ0v) is 8.14. The van der Waals surface area contributed by atoms with E-state index in [1.54, 1.807) is 6.20 Å². The summed E-state index contributed by atoms with van der Waals surface area (Å²) in [5, 5.41) is 10.3. The first-order chi connectivity index (χ1) is 6.35. The third-order valence-electron chi connectivity index (χ3n) is 3.08. The van der Waals surface area contributed by atoms with Gasteiger partial charge in [-0.15, -0.1) is 0 Å². The van der Waals surface area contributed by atoms with Crippen molar-refractivity contribution in [3.8, 4) is 0 Å². The zero-order chi connectivity index (χ0) is 9.15. The minimum atomic E-state index is 0.639. The van der Waals surface area contributed by atoms with E-state index in [9.17, 15) is 0 Å². The minimum absolute atomic E-state index is 0.639. The number of aromatic amines is 1. The van der Waals surface area contributed by atoms with Crippen LogP contribution in [0.25, 0.3) is 0 Å². The summed E-state index contributed by atoms with van der Waals surface area (Å²) in [6.07, 6.45) is 5.91. The monoisotopic (exact) mass is 179 g/mol. The van der Waals surface area contributed by atoms with Gasteiger partial charge in [0.1, 0.15) is 0 Å². The summed E-state index contributed by atoms with van der Waals surface area (Å²) in [4.78, 5) is 0. The molecule has 1 saturated carbocycles. The Kier molecular flexibility index (Phi) is 2.36. The normalized spacial score (nSPS) is 18.8. The summed E-state index contributed by atoms with van der Waals surface area (Å²) in [7, 11) is 0. The second kappa shape index (κ2) is 3.50. The fourth-order valence-corrected chi connectivity index (χ4v) is 1.68. The largest absolute Gasteiger partial charge is 0.311 e. The number of rotatable bonds is 5. The Bertz CT molecular complexity index is 249. The van der Waals surface area contributed by atoms with E-state index in [-0.39, 0.29) is 0 Å². The first-order valence-electron chi connectivity index (χ1n) is 5.04. The van der Waals surface area contributed by atoms with Crippen LogP contribution in [-0.2, 0) is 6.54 Å². The van der Waals surface area contributed by atoms with Gasteiger partial charge < -0.3 is 5.32 Å². The van der Waals surface area contributed by atoms with Crippen molar-refractivity contribution in [2.45, 2.75) is 32.7 Å². The fourth-order valence-electron chi connectivity index (χ4n) is 1.68. The van der Waals surface area contributed by atoms with Crippen molar-refractivity contribution in [3.05, 3.63) is 18.0 Å². The summed E-state index contributed by atoms with van der Waals surface area (Å²) >= 11 is 0.